The number of hydrogen-bond donors (Lipinski definition) is 2. The van der Waals surface area contributed by atoms with Crippen molar-refractivity contribution in [1.82, 2.24) is 5.32 Å². The standard InChI is InChI=1S/C20H22N2OS/c1-3-21-20(23)16-9-5-7-14-13-6-4-8-15(13)19(22-18(14)16)17-11-10-12(2)24-17/h4-7,9-11,13,15,19,22H,3,8H2,1-2H3,(H,21,23). The lowest BCUT2D eigenvalue weighted by Gasteiger charge is -2.37. The highest BCUT2D eigenvalue weighted by Crippen LogP contribution is 2.51. The number of rotatable bonds is 3. The zero-order chi connectivity index (χ0) is 16.7. The molecule has 24 heavy (non-hydrogen) atoms. The van der Waals surface area contributed by atoms with E-state index in [1.54, 1.807) is 0 Å². The van der Waals surface area contributed by atoms with E-state index < -0.39 is 0 Å². The summed E-state index contributed by atoms with van der Waals surface area (Å²) in [5, 5.41) is 6.65. The fraction of sp³-hybridized carbons (Fsp3) is 0.350. The molecule has 4 rings (SSSR count). The van der Waals surface area contributed by atoms with Crippen molar-refractivity contribution in [2.24, 2.45) is 5.92 Å². The second-order valence-corrected chi connectivity index (χ2v) is 7.87. The summed E-state index contributed by atoms with van der Waals surface area (Å²) in [7, 11) is 0. The zero-order valence-corrected chi connectivity index (χ0v) is 14.8. The van der Waals surface area contributed by atoms with Crippen molar-refractivity contribution in [3.8, 4) is 0 Å². The van der Waals surface area contributed by atoms with Crippen LogP contribution in [0.25, 0.3) is 0 Å². The molecule has 2 N–H and O–H groups in total. The first-order chi connectivity index (χ1) is 11.7. The van der Waals surface area contributed by atoms with Gasteiger partial charge in [-0.15, -0.1) is 11.3 Å². The molecule has 3 atom stereocenters. The highest BCUT2D eigenvalue weighted by molar-refractivity contribution is 7.12. The molecule has 0 saturated heterocycles. The highest BCUT2D eigenvalue weighted by atomic mass is 32.1. The fourth-order valence-electron chi connectivity index (χ4n) is 3.97. The minimum Gasteiger partial charge on any atom is -0.376 e. The molecule has 1 aromatic carbocycles. The van der Waals surface area contributed by atoms with Gasteiger partial charge in [0.2, 0.25) is 0 Å². The quantitative estimate of drug-likeness (QED) is 0.801. The van der Waals surface area contributed by atoms with Crippen LogP contribution in [0.5, 0.6) is 0 Å². The van der Waals surface area contributed by atoms with Crippen LogP contribution in [0.1, 0.15) is 51.0 Å². The Hall–Kier alpha value is -2.07. The summed E-state index contributed by atoms with van der Waals surface area (Å²) in [6.07, 6.45) is 5.70. The van der Waals surface area contributed by atoms with Crippen molar-refractivity contribution < 1.29 is 4.79 Å². The van der Waals surface area contributed by atoms with Crippen molar-refractivity contribution >= 4 is 22.9 Å². The third kappa shape index (κ3) is 2.46. The third-order valence-corrected chi connectivity index (χ3v) is 6.13. The van der Waals surface area contributed by atoms with Crippen LogP contribution in [-0.2, 0) is 0 Å². The van der Waals surface area contributed by atoms with Gasteiger partial charge in [-0.25, -0.2) is 0 Å². The molecular weight excluding hydrogens is 316 g/mol. The van der Waals surface area contributed by atoms with E-state index >= 15 is 0 Å². The lowest BCUT2D eigenvalue weighted by atomic mass is 9.78. The molecule has 0 saturated carbocycles. The summed E-state index contributed by atoms with van der Waals surface area (Å²) >= 11 is 1.85. The van der Waals surface area contributed by atoms with E-state index in [1.165, 1.54) is 15.3 Å². The molecule has 0 fully saturated rings. The van der Waals surface area contributed by atoms with Gasteiger partial charge in [0.05, 0.1) is 17.3 Å². The van der Waals surface area contributed by atoms with Crippen molar-refractivity contribution in [2.75, 3.05) is 11.9 Å². The topological polar surface area (TPSA) is 41.1 Å². The molecule has 0 spiro atoms. The summed E-state index contributed by atoms with van der Waals surface area (Å²) in [5.41, 5.74) is 3.01. The van der Waals surface area contributed by atoms with E-state index in [0.717, 1.165) is 17.7 Å². The summed E-state index contributed by atoms with van der Waals surface area (Å²) < 4.78 is 0. The van der Waals surface area contributed by atoms with E-state index in [0.29, 0.717) is 18.4 Å². The second-order valence-electron chi connectivity index (χ2n) is 6.55. The average molecular weight is 338 g/mol. The van der Waals surface area contributed by atoms with Crippen LogP contribution in [0.15, 0.2) is 42.5 Å². The molecule has 2 aliphatic rings. The van der Waals surface area contributed by atoms with Crippen molar-refractivity contribution in [2.45, 2.75) is 32.2 Å². The Morgan fingerprint density at radius 3 is 2.96 bits per heavy atom. The number of fused-ring (bicyclic) bond motifs is 3. The number of allylic oxidation sites excluding steroid dienone is 2. The number of nitrogens with one attached hydrogen (secondary N) is 2. The van der Waals surface area contributed by atoms with Gasteiger partial charge in [0.15, 0.2) is 0 Å². The van der Waals surface area contributed by atoms with E-state index in [2.05, 4.69) is 47.9 Å². The first-order valence-electron chi connectivity index (χ1n) is 8.59. The molecule has 4 heteroatoms. The smallest absolute Gasteiger partial charge is 0.253 e. The van der Waals surface area contributed by atoms with Gasteiger partial charge in [-0.05, 0) is 49.9 Å². The number of benzene rings is 1. The number of carbonyl (C=O) groups excluding carboxylic acids is 1. The summed E-state index contributed by atoms with van der Waals surface area (Å²) in [5.74, 6) is 0.923. The number of thiophene rings is 1. The molecule has 1 aliphatic carbocycles. The molecule has 1 aliphatic heterocycles. The average Bonchev–Trinajstić information content (AvgIpc) is 3.23. The van der Waals surface area contributed by atoms with Crippen molar-refractivity contribution in [3.63, 3.8) is 0 Å². The van der Waals surface area contributed by atoms with E-state index in [1.807, 2.05) is 30.4 Å². The SMILES string of the molecule is CCNC(=O)c1cccc2c1NC(c1ccc(C)s1)C1CC=CC21. The lowest BCUT2D eigenvalue weighted by Crippen LogP contribution is -2.31. The van der Waals surface area contributed by atoms with Gasteiger partial charge in [-0.3, -0.25) is 4.79 Å². The minimum atomic E-state index is 0.00314. The molecule has 3 nitrogen and oxygen atoms in total. The zero-order valence-electron chi connectivity index (χ0n) is 14.0. The largest absolute Gasteiger partial charge is 0.376 e. The minimum absolute atomic E-state index is 0.00314. The van der Waals surface area contributed by atoms with Crippen LogP contribution < -0.4 is 10.6 Å². The van der Waals surface area contributed by atoms with Gasteiger partial charge in [-0.2, -0.15) is 0 Å². The van der Waals surface area contributed by atoms with Crippen molar-refractivity contribution in [1.29, 1.82) is 0 Å². The number of para-hydroxylation sites is 1. The van der Waals surface area contributed by atoms with Crippen LogP contribution in [0, 0.1) is 12.8 Å². The normalized spacial score (nSPS) is 24.2. The molecule has 0 bridgehead atoms. The van der Waals surface area contributed by atoms with E-state index in [-0.39, 0.29) is 11.9 Å². The molecule has 3 unspecified atom stereocenters. The number of aryl methyl sites for hydroxylation is 1. The van der Waals surface area contributed by atoms with Gasteiger partial charge in [0.25, 0.3) is 5.91 Å². The highest BCUT2D eigenvalue weighted by Gasteiger charge is 2.39. The molecule has 1 amide bonds. The van der Waals surface area contributed by atoms with Gasteiger partial charge in [0.1, 0.15) is 0 Å². The lowest BCUT2D eigenvalue weighted by molar-refractivity contribution is 0.0956. The number of anilines is 1. The predicted octanol–water partition coefficient (Wildman–Crippen LogP) is 4.63. The van der Waals surface area contributed by atoms with Gasteiger partial charge in [-0.1, -0.05) is 24.3 Å². The first kappa shape index (κ1) is 15.5. The van der Waals surface area contributed by atoms with Crippen LogP contribution in [0.2, 0.25) is 0 Å². The molecule has 0 radical (unpaired) electrons. The van der Waals surface area contributed by atoms with Crippen LogP contribution in [0.4, 0.5) is 5.69 Å². The second kappa shape index (κ2) is 6.10. The summed E-state index contributed by atoms with van der Waals surface area (Å²) in [6.45, 7) is 4.74. The predicted molar refractivity (Wildman–Crippen MR) is 99.9 cm³/mol. The Kier molecular flexibility index (Phi) is 3.93. The Morgan fingerprint density at radius 2 is 2.21 bits per heavy atom. The van der Waals surface area contributed by atoms with Gasteiger partial charge in [0, 0.05) is 22.2 Å². The summed E-state index contributed by atoms with van der Waals surface area (Å²) in [4.78, 5) is 15.2. The number of carbonyl (C=O) groups is 1. The first-order valence-corrected chi connectivity index (χ1v) is 9.41. The fourth-order valence-corrected chi connectivity index (χ4v) is 4.97. The Balaban J connectivity index is 1.80. The maximum Gasteiger partial charge on any atom is 0.253 e. The molecule has 1 aromatic heterocycles. The van der Waals surface area contributed by atoms with Gasteiger partial charge < -0.3 is 10.6 Å². The maximum absolute atomic E-state index is 12.5. The summed E-state index contributed by atoms with van der Waals surface area (Å²) in [6, 6.07) is 10.8. The van der Waals surface area contributed by atoms with E-state index in [9.17, 15) is 4.79 Å². The Labute approximate surface area is 146 Å². The Morgan fingerprint density at radius 1 is 1.33 bits per heavy atom. The van der Waals surface area contributed by atoms with Crippen molar-refractivity contribution in [3.05, 3.63) is 63.4 Å². The molecular formula is C20H22N2OS. The Bertz CT molecular complexity index is 808. The molecule has 2 heterocycles. The number of amides is 1. The monoisotopic (exact) mass is 338 g/mol. The van der Waals surface area contributed by atoms with Crippen LogP contribution in [-0.4, -0.2) is 12.5 Å². The number of hydrogen-bond acceptors (Lipinski definition) is 3. The van der Waals surface area contributed by atoms with Crippen LogP contribution >= 0.6 is 11.3 Å². The van der Waals surface area contributed by atoms with Gasteiger partial charge >= 0.3 is 0 Å². The molecule has 124 valence electrons. The maximum atomic E-state index is 12.5. The third-order valence-electron chi connectivity index (χ3n) is 5.05. The van der Waals surface area contributed by atoms with E-state index in [4.69, 9.17) is 0 Å². The van der Waals surface area contributed by atoms with Crippen LogP contribution in [0.3, 0.4) is 0 Å². The molecule has 2 aromatic rings.